The van der Waals surface area contributed by atoms with Crippen LogP contribution in [0.5, 0.6) is 0 Å². The molecule has 1 unspecified atom stereocenters. The molecular formula is C11H17N3O2S. The third-order valence-electron chi connectivity index (χ3n) is 3.03. The molecule has 1 saturated carbocycles. The molecule has 1 aromatic rings. The maximum atomic E-state index is 11.9. The predicted octanol–water partition coefficient (Wildman–Crippen LogP) is 2.19. The van der Waals surface area contributed by atoms with Gasteiger partial charge in [-0.05, 0) is 31.0 Å². The Bertz CT molecular complexity index is 473. The van der Waals surface area contributed by atoms with E-state index in [1.54, 1.807) is 0 Å². The van der Waals surface area contributed by atoms with Crippen molar-refractivity contribution in [1.29, 1.82) is 0 Å². The summed E-state index contributed by atoms with van der Waals surface area (Å²) in [6.45, 7) is 3.96. The first-order valence-electron chi connectivity index (χ1n) is 5.81. The van der Waals surface area contributed by atoms with Gasteiger partial charge in [0.2, 0.25) is 0 Å². The van der Waals surface area contributed by atoms with Gasteiger partial charge in [0.15, 0.2) is 4.77 Å². The number of methoxy groups -OCH3 is 1. The number of nitrogens with zero attached hydrogens (tertiary/aromatic N) is 2. The van der Waals surface area contributed by atoms with Gasteiger partial charge < -0.3 is 4.74 Å². The van der Waals surface area contributed by atoms with Gasteiger partial charge in [-0.3, -0.25) is 9.67 Å². The fourth-order valence-electron chi connectivity index (χ4n) is 2.01. The van der Waals surface area contributed by atoms with Crippen LogP contribution in [0.4, 0.5) is 0 Å². The van der Waals surface area contributed by atoms with Crippen molar-refractivity contribution in [2.75, 3.05) is 7.11 Å². The van der Waals surface area contributed by atoms with E-state index in [1.807, 2.05) is 18.4 Å². The lowest BCUT2D eigenvalue weighted by Crippen LogP contribution is -2.27. The molecular weight excluding hydrogens is 238 g/mol. The van der Waals surface area contributed by atoms with Crippen LogP contribution in [0.3, 0.4) is 0 Å². The smallest absolute Gasteiger partial charge is 0.329 e. The monoisotopic (exact) mass is 255 g/mol. The van der Waals surface area contributed by atoms with Crippen LogP contribution in [0.1, 0.15) is 44.5 Å². The Morgan fingerprint density at radius 2 is 2.24 bits per heavy atom. The zero-order chi connectivity index (χ0) is 12.6. The summed E-state index contributed by atoms with van der Waals surface area (Å²) < 4.78 is 7.18. The van der Waals surface area contributed by atoms with Gasteiger partial charge in [0.25, 0.3) is 0 Å². The minimum absolute atomic E-state index is 0.115. The molecule has 0 bridgehead atoms. The number of carbonyl (C=O) groups is 1. The maximum absolute atomic E-state index is 11.9. The van der Waals surface area contributed by atoms with Crippen LogP contribution in [0.15, 0.2) is 0 Å². The average Bonchev–Trinajstić information content (AvgIpc) is 3.05. The molecule has 94 valence electrons. The van der Waals surface area contributed by atoms with Crippen molar-refractivity contribution in [3.8, 4) is 0 Å². The second-order valence-corrected chi connectivity index (χ2v) is 5.13. The molecule has 6 heteroatoms. The first-order chi connectivity index (χ1) is 8.06. The molecule has 0 saturated heterocycles. The summed E-state index contributed by atoms with van der Waals surface area (Å²) in [6, 6.07) is -0.387. The second-order valence-electron chi connectivity index (χ2n) is 4.74. The first kappa shape index (κ1) is 12.3. The van der Waals surface area contributed by atoms with E-state index in [0.29, 0.717) is 10.7 Å². The van der Waals surface area contributed by atoms with E-state index in [-0.39, 0.29) is 17.9 Å². The van der Waals surface area contributed by atoms with E-state index in [9.17, 15) is 4.79 Å². The van der Waals surface area contributed by atoms with Crippen molar-refractivity contribution < 1.29 is 9.53 Å². The molecule has 1 fully saturated rings. The summed E-state index contributed by atoms with van der Waals surface area (Å²) in [4.78, 5) is 11.9. The normalized spacial score (nSPS) is 17.2. The van der Waals surface area contributed by atoms with Crippen molar-refractivity contribution in [2.45, 2.75) is 38.6 Å². The molecule has 0 amide bonds. The third-order valence-corrected chi connectivity index (χ3v) is 3.31. The van der Waals surface area contributed by atoms with Crippen molar-refractivity contribution in [3.63, 3.8) is 0 Å². The Kier molecular flexibility index (Phi) is 3.33. The minimum Gasteiger partial charge on any atom is -0.467 e. The Morgan fingerprint density at radius 3 is 2.71 bits per heavy atom. The number of hydrogen-bond acceptors (Lipinski definition) is 4. The summed E-state index contributed by atoms with van der Waals surface area (Å²) in [5, 5.41) is 7.02. The molecule has 5 nitrogen and oxygen atoms in total. The Hall–Kier alpha value is -1.17. The van der Waals surface area contributed by atoms with E-state index in [0.717, 1.165) is 18.7 Å². The Balaban J connectivity index is 2.44. The number of hydrogen-bond donors (Lipinski definition) is 1. The quantitative estimate of drug-likeness (QED) is 0.662. The number of carbonyl (C=O) groups excluding carboxylic acids is 1. The number of nitrogens with one attached hydrogen (secondary N) is 1. The summed E-state index contributed by atoms with van der Waals surface area (Å²) >= 11 is 5.22. The maximum Gasteiger partial charge on any atom is 0.329 e. The molecule has 0 radical (unpaired) electrons. The number of esters is 1. The summed E-state index contributed by atoms with van der Waals surface area (Å²) in [6.07, 6.45) is 2.23. The van der Waals surface area contributed by atoms with Crippen LogP contribution in [-0.4, -0.2) is 27.8 Å². The molecule has 1 aliphatic rings. The molecule has 1 aliphatic carbocycles. The highest BCUT2D eigenvalue weighted by Gasteiger charge is 2.35. The van der Waals surface area contributed by atoms with Crippen molar-refractivity contribution >= 4 is 18.2 Å². The standard InChI is InChI=1S/C11H17N3O2S/c1-6(2)8(10(15)16-3)14-9(7-4-5-7)12-13-11(14)17/h6-8H,4-5H2,1-3H3,(H,13,17). The topological polar surface area (TPSA) is 59.9 Å². The number of aromatic nitrogens is 3. The van der Waals surface area contributed by atoms with Gasteiger partial charge in [-0.1, -0.05) is 13.8 Å². The molecule has 2 rings (SSSR count). The molecule has 0 spiro atoms. The van der Waals surface area contributed by atoms with Gasteiger partial charge in [0.05, 0.1) is 7.11 Å². The fraction of sp³-hybridized carbons (Fsp3) is 0.727. The van der Waals surface area contributed by atoms with Gasteiger partial charge in [-0.25, -0.2) is 4.79 Å². The highest BCUT2D eigenvalue weighted by Crippen LogP contribution is 2.40. The lowest BCUT2D eigenvalue weighted by atomic mass is 10.0. The molecule has 0 aromatic carbocycles. The van der Waals surface area contributed by atoms with Gasteiger partial charge in [-0.2, -0.15) is 5.10 Å². The number of ether oxygens (including phenoxy) is 1. The molecule has 1 N–H and O–H groups in total. The van der Waals surface area contributed by atoms with E-state index in [4.69, 9.17) is 17.0 Å². The van der Waals surface area contributed by atoms with E-state index in [1.165, 1.54) is 7.11 Å². The van der Waals surface area contributed by atoms with Gasteiger partial charge >= 0.3 is 5.97 Å². The highest BCUT2D eigenvalue weighted by molar-refractivity contribution is 7.71. The molecule has 1 aromatic heterocycles. The van der Waals surface area contributed by atoms with Crippen molar-refractivity contribution in [1.82, 2.24) is 14.8 Å². The Labute approximate surface area is 105 Å². The van der Waals surface area contributed by atoms with Crippen LogP contribution < -0.4 is 0 Å². The van der Waals surface area contributed by atoms with Crippen LogP contribution in [0.25, 0.3) is 0 Å². The average molecular weight is 255 g/mol. The third kappa shape index (κ3) is 2.26. The van der Waals surface area contributed by atoms with Gasteiger partial charge in [-0.15, -0.1) is 0 Å². The number of H-pyrrole nitrogens is 1. The first-order valence-corrected chi connectivity index (χ1v) is 6.21. The van der Waals surface area contributed by atoms with E-state index in [2.05, 4.69) is 10.2 Å². The summed E-state index contributed by atoms with van der Waals surface area (Å²) in [5.41, 5.74) is 0. The van der Waals surface area contributed by atoms with Crippen LogP contribution in [0.2, 0.25) is 0 Å². The second kappa shape index (κ2) is 4.60. The highest BCUT2D eigenvalue weighted by atomic mass is 32.1. The van der Waals surface area contributed by atoms with Crippen LogP contribution in [0, 0.1) is 10.7 Å². The predicted molar refractivity (Wildman–Crippen MR) is 65.3 cm³/mol. The van der Waals surface area contributed by atoms with Gasteiger partial charge in [0.1, 0.15) is 11.9 Å². The largest absolute Gasteiger partial charge is 0.467 e. The zero-order valence-electron chi connectivity index (χ0n) is 10.3. The minimum atomic E-state index is -0.387. The van der Waals surface area contributed by atoms with Crippen LogP contribution >= 0.6 is 12.2 Å². The summed E-state index contributed by atoms with van der Waals surface area (Å²) in [7, 11) is 1.40. The molecule has 1 atom stereocenters. The number of aromatic amines is 1. The van der Waals surface area contributed by atoms with Gasteiger partial charge in [0, 0.05) is 5.92 Å². The van der Waals surface area contributed by atoms with E-state index >= 15 is 0 Å². The van der Waals surface area contributed by atoms with E-state index < -0.39 is 0 Å². The SMILES string of the molecule is COC(=O)C(C(C)C)n1c(C2CC2)n[nH]c1=S. The van der Waals surface area contributed by atoms with Crippen molar-refractivity contribution in [3.05, 3.63) is 10.6 Å². The summed E-state index contributed by atoms with van der Waals surface area (Å²) in [5.74, 6) is 1.18. The lowest BCUT2D eigenvalue weighted by molar-refractivity contribution is -0.146. The molecule has 17 heavy (non-hydrogen) atoms. The molecule has 1 heterocycles. The fourth-order valence-corrected chi connectivity index (χ4v) is 2.26. The number of rotatable bonds is 4. The van der Waals surface area contributed by atoms with Crippen molar-refractivity contribution in [2.24, 2.45) is 5.92 Å². The lowest BCUT2D eigenvalue weighted by Gasteiger charge is -2.21. The Morgan fingerprint density at radius 1 is 1.59 bits per heavy atom. The molecule has 0 aliphatic heterocycles. The zero-order valence-corrected chi connectivity index (χ0v) is 11.1. The van der Waals surface area contributed by atoms with Crippen LogP contribution in [-0.2, 0) is 9.53 Å².